The Morgan fingerprint density at radius 3 is 2.64 bits per heavy atom. The highest BCUT2D eigenvalue weighted by atomic mass is 32.2. The highest BCUT2D eigenvalue weighted by Gasteiger charge is 2.59. The molecule has 5 aliphatic rings. The zero-order valence-corrected chi connectivity index (χ0v) is 22.0. The van der Waals surface area contributed by atoms with Crippen molar-refractivity contribution >= 4 is 12.3 Å². The van der Waals surface area contributed by atoms with E-state index < -0.39 is 0 Å². The molecule has 1 unspecified atom stereocenters. The van der Waals surface area contributed by atoms with Gasteiger partial charge in [-0.15, -0.1) is 4.33 Å². The van der Waals surface area contributed by atoms with Gasteiger partial charge in [0.1, 0.15) is 0 Å². The van der Waals surface area contributed by atoms with Crippen LogP contribution in [0.25, 0.3) is 0 Å². The Labute approximate surface area is 204 Å². The molecule has 1 aliphatic heterocycles. The van der Waals surface area contributed by atoms with Crippen molar-refractivity contribution < 1.29 is 23.5 Å². The van der Waals surface area contributed by atoms with Gasteiger partial charge in [-0.05, 0) is 118 Å². The molecule has 0 aromatic rings. The lowest BCUT2D eigenvalue weighted by Gasteiger charge is -2.58. The van der Waals surface area contributed by atoms with Gasteiger partial charge in [-0.1, -0.05) is 37.5 Å². The standard InChI is InChI=1S/C27H44O5S/c1-17(6-11-24-25(2,3)29-24)21-9-10-22-20-8-7-18-16-19(30-33-32-31-28)12-14-26(18,4)23(20)13-15-27(21,22)5/h7,17,19-24,28H,6,8-16H2,1-5H3/t17-,19+,20+,21-,22+,23+,24?,26+,27-/m1/s1. The van der Waals surface area contributed by atoms with Gasteiger partial charge in [0.05, 0.1) is 17.8 Å². The van der Waals surface area contributed by atoms with Crippen LogP contribution in [0, 0.1) is 40.4 Å². The molecule has 188 valence electrons. The largest absolute Gasteiger partial charge is 0.367 e. The number of rotatable bonds is 8. The number of allylic oxidation sites excluding steroid dienone is 1. The maximum Gasteiger partial charge on any atom is 0.197 e. The smallest absolute Gasteiger partial charge is 0.197 e. The summed E-state index contributed by atoms with van der Waals surface area (Å²) in [5.74, 6) is 4.22. The van der Waals surface area contributed by atoms with Gasteiger partial charge in [-0.25, -0.2) is 5.26 Å². The van der Waals surface area contributed by atoms with Crippen LogP contribution in [0.15, 0.2) is 11.6 Å². The molecular weight excluding hydrogens is 436 g/mol. The summed E-state index contributed by atoms with van der Waals surface area (Å²) in [6.45, 7) is 12.2. The molecule has 33 heavy (non-hydrogen) atoms. The predicted molar refractivity (Wildman–Crippen MR) is 130 cm³/mol. The number of fused-ring (bicyclic) bond motifs is 5. The predicted octanol–water partition coefficient (Wildman–Crippen LogP) is 7.53. The maximum atomic E-state index is 8.34. The zero-order chi connectivity index (χ0) is 23.4. The van der Waals surface area contributed by atoms with Crippen molar-refractivity contribution in [3.8, 4) is 0 Å². The SMILES string of the molecule is C[C@H](CCC1OC1(C)C)[C@H]1CC[C@H]2[C@@H]3CC=C4C[C@@H](OSOOO)CC[C@]4(C)[C@H]3CC[C@]12C. The van der Waals surface area contributed by atoms with Crippen LogP contribution in [-0.4, -0.2) is 23.1 Å². The Morgan fingerprint density at radius 2 is 1.91 bits per heavy atom. The van der Waals surface area contributed by atoms with Gasteiger partial charge >= 0.3 is 0 Å². The lowest BCUT2D eigenvalue weighted by Crippen LogP contribution is -2.50. The fraction of sp³-hybridized carbons (Fsp3) is 0.926. The number of hydrogen-bond acceptors (Lipinski definition) is 6. The first-order valence-corrected chi connectivity index (χ1v) is 14.0. The van der Waals surface area contributed by atoms with Crippen LogP contribution in [0.4, 0.5) is 0 Å². The lowest BCUT2D eigenvalue weighted by atomic mass is 9.47. The first-order valence-electron chi connectivity index (χ1n) is 13.4. The summed E-state index contributed by atoms with van der Waals surface area (Å²) in [7, 11) is 0. The van der Waals surface area contributed by atoms with Crippen molar-refractivity contribution in [3.63, 3.8) is 0 Å². The monoisotopic (exact) mass is 480 g/mol. The van der Waals surface area contributed by atoms with Crippen LogP contribution in [0.1, 0.15) is 98.8 Å². The van der Waals surface area contributed by atoms with E-state index in [1.807, 2.05) is 0 Å². The molecule has 4 fully saturated rings. The highest BCUT2D eigenvalue weighted by molar-refractivity contribution is 7.89. The van der Waals surface area contributed by atoms with Crippen LogP contribution in [0.3, 0.4) is 0 Å². The van der Waals surface area contributed by atoms with E-state index in [-0.39, 0.29) is 11.7 Å². The van der Waals surface area contributed by atoms with Gasteiger partial charge in [-0.3, -0.25) is 4.18 Å². The van der Waals surface area contributed by atoms with Gasteiger partial charge < -0.3 is 4.74 Å². The third kappa shape index (κ3) is 4.35. The molecule has 0 bridgehead atoms. The lowest BCUT2D eigenvalue weighted by molar-refractivity contribution is -0.434. The van der Waals surface area contributed by atoms with E-state index in [2.05, 4.69) is 50.1 Å². The minimum Gasteiger partial charge on any atom is -0.367 e. The number of hydrogen-bond donors (Lipinski definition) is 1. The van der Waals surface area contributed by atoms with Gasteiger partial charge in [0.25, 0.3) is 0 Å². The van der Waals surface area contributed by atoms with Gasteiger partial charge in [-0.2, -0.15) is 0 Å². The quantitative estimate of drug-likeness (QED) is 0.0967. The summed E-state index contributed by atoms with van der Waals surface area (Å²) in [5, 5.41) is 12.0. The van der Waals surface area contributed by atoms with Crippen LogP contribution < -0.4 is 0 Å². The first-order chi connectivity index (χ1) is 15.7. The Bertz CT molecular complexity index is 755. The van der Waals surface area contributed by atoms with Crippen LogP contribution >= 0.6 is 12.3 Å². The van der Waals surface area contributed by atoms with E-state index >= 15 is 0 Å². The molecule has 5 rings (SSSR count). The van der Waals surface area contributed by atoms with E-state index in [0.717, 1.165) is 54.8 Å². The molecule has 0 radical (unpaired) electrons. The Balaban J connectivity index is 1.24. The highest BCUT2D eigenvalue weighted by Crippen LogP contribution is 2.67. The Kier molecular flexibility index (Phi) is 6.76. The van der Waals surface area contributed by atoms with Crippen molar-refractivity contribution in [1.29, 1.82) is 0 Å². The van der Waals surface area contributed by atoms with Crippen LogP contribution in [0.2, 0.25) is 0 Å². The van der Waals surface area contributed by atoms with Crippen molar-refractivity contribution in [1.82, 2.24) is 0 Å². The molecule has 1 N–H and O–H groups in total. The second-order valence-corrected chi connectivity index (χ2v) is 13.4. The molecule has 9 atom stereocenters. The molecule has 0 aromatic carbocycles. The third-order valence-electron chi connectivity index (χ3n) is 11.1. The molecule has 4 aliphatic carbocycles. The van der Waals surface area contributed by atoms with E-state index in [0.29, 0.717) is 16.9 Å². The summed E-state index contributed by atoms with van der Waals surface area (Å²) < 4.78 is 16.0. The van der Waals surface area contributed by atoms with Crippen LogP contribution in [0.5, 0.6) is 0 Å². The van der Waals surface area contributed by atoms with Gasteiger partial charge in [0.15, 0.2) is 12.3 Å². The second-order valence-electron chi connectivity index (χ2n) is 12.9. The summed E-state index contributed by atoms with van der Waals surface area (Å²) >= 11 is 0.738. The molecule has 0 amide bonds. The van der Waals surface area contributed by atoms with E-state index in [9.17, 15) is 0 Å². The molecule has 3 saturated carbocycles. The molecule has 0 aromatic heterocycles. The maximum absolute atomic E-state index is 8.34. The summed E-state index contributed by atoms with van der Waals surface area (Å²) in [4.78, 5) is 0. The molecule has 1 saturated heterocycles. The normalized spacial score (nSPS) is 46.7. The Hall–Kier alpha value is -0.110. The van der Waals surface area contributed by atoms with Crippen molar-refractivity contribution in [3.05, 3.63) is 11.6 Å². The Morgan fingerprint density at radius 1 is 1.12 bits per heavy atom. The van der Waals surface area contributed by atoms with Crippen molar-refractivity contribution in [2.75, 3.05) is 0 Å². The topological polar surface area (TPSA) is 60.5 Å². The molecule has 0 spiro atoms. The third-order valence-corrected chi connectivity index (χ3v) is 11.6. The van der Waals surface area contributed by atoms with Crippen molar-refractivity contribution in [2.24, 2.45) is 40.4 Å². The van der Waals surface area contributed by atoms with Crippen LogP contribution in [-0.2, 0) is 18.3 Å². The molecule has 5 nitrogen and oxygen atoms in total. The summed E-state index contributed by atoms with van der Waals surface area (Å²) in [5.41, 5.74) is 2.57. The average Bonchev–Trinajstić information content (AvgIpc) is 3.23. The van der Waals surface area contributed by atoms with Gasteiger partial charge in [0, 0.05) is 0 Å². The summed E-state index contributed by atoms with van der Waals surface area (Å²) in [6.07, 6.45) is 15.8. The number of epoxide rings is 1. The van der Waals surface area contributed by atoms with E-state index in [4.69, 9.17) is 14.2 Å². The minimum absolute atomic E-state index is 0.129. The second kappa shape index (κ2) is 9.08. The molecular formula is C27H44O5S. The summed E-state index contributed by atoms with van der Waals surface area (Å²) in [6, 6.07) is 0. The zero-order valence-electron chi connectivity index (χ0n) is 21.2. The fourth-order valence-corrected chi connectivity index (χ4v) is 9.46. The molecule has 6 heteroatoms. The van der Waals surface area contributed by atoms with Gasteiger partial charge in [0.2, 0.25) is 0 Å². The molecule has 1 heterocycles. The number of ether oxygens (including phenoxy) is 1. The first kappa shape index (κ1) is 24.6. The minimum atomic E-state index is 0.129. The van der Waals surface area contributed by atoms with E-state index in [1.54, 1.807) is 5.57 Å². The van der Waals surface area contributed by atoms with Crippen molar-refractivity contribution in [2.45, 2.75) is 117 Å². The average molecular weight is 481 g/mol. The fourth-order valence-electron chi connectivity index (χ4n) is 9.12. The van der Waals surface area contributed by atoms with E-state index in [1.165, 1.54) is 51.4 Å².